The summed E-state index contributed by atoms with van der Waals surface area (Å²) in [5, 5.41) is 5.09. The van der Waals surface area contributed by atoms with Crippen molar-refractivity contribution in [3.8, 4) is 39.4 Å². The molecule has 3 aromatic carbocycles. The summed E-state index contributed by atoms with van der Waals surface area (Å²) < 4.78 is 35.3. The number of halogens is 1. The van der Waals surface area contributed by atoms with Crippen LogP contribution in [0.3, 0.4) is 0 Å². The van der Waals surface area contributed by atoms with Gasteiger partial charge in [-0.2, -0.15) is 5.10 Å². The summed E-state index contributed by atoms with van der Waals surface area (Å²) in [5.74, 6) is -0.810. The number of hydrogen-bond donors (Lipinski definition) is 0. The number of anilines is 1. The Labute approximate surface area is 280 Å². The summed E-state index contributed by atoms with van der Waals surface area (Å²) in [6.45, 7) is 9.30. The molecule has 2 aromatic heterocycles. The van der Waals surface area contributed by atoms with Crippen molar-refractivity contribution in [1.29, 1.82) is 0 Å². The van der Waals surface area contributed by atoms with Crippen LogP contribution in [0.25, 0.3) is 39.3 Å². The lowest BCUT2D eigenvalue weighted by Gasteiger charge is -2.32. The molecule has 48 heavy (non-hydrogen) atoms. The van der Waals surface area contributed by atoms with Gasteiger partial charge in [-0.1, -0.05) is 48.9 Å². The second kappa shape index (κ2) is 12.7. The number of rotatable bonds is 3. The fourth-order valence-corrected chi connectivity index (χ4v) is 6.92. The maximum absolute atomic E-state index is 16.1. The van der Waals surface area contributed by atoms with Gasteiger partial charge in [-0.3, -0.25) is 0 Å². The van der Waals surface area contributed by atoms with Crippen molar-refractivity contribution < 1.29 is 23.4 Å². The number of carbonyl (C=O) groups is 1. The first-order chi connectivity index (χ1) is 23.1. The van der Waals surface area contributed by atoms with Crippen molar-refractivity contribution in [1.82, 2.24) is 14.6 Å². The molecule has 0 fully saturated rings. The van der Waals surface area contributed by atoms with Crippen LogP contribution in [-0.2, 0) is 20.7 Å². The highest BCUT2D eigenvalue weighted by molar-refractivity contribution is 5.84. The Morgan fingerprint density at radius 2 is 1.77 bits per heavy atom. The summed E-state index contributed by atoms with van der Waals surface area (Å²) in [5.41, 5.74) is 7.89. The van der Waals surface area contributed by atoms with Crippen LogP contribution >= 0.6 is 0 Å². The Hall–Kier alpha value is -4.76. The summed E-state index contributed by atoms with van der Waals surface area (Å²) in [6.07, 6.45) is 2.88. The van der Waals surface area contributed by atoms with E-state index < -0.39 is 23.5 Å². The van der Waals surface area contributed by atoms with E-state index >= 15 is 4.39 Å². The minimum atomic E-state index is -1.14. The van der Waals surface area contributed by atoms with Gasteiger partial charge in [-0.15, -0.1) is 0 Å². The molecule has 0 amide bonds. The van der Waals surface area contributed by atoms with Crippen LogP contribution in [0.5, 0.6) is 5.75 Å². The van der Waals surface area contributed by atoms with Crippen LogP contribution in [0, 0.1) is 12.7 Å². The maximum atomic E-state index is 16.1. The fraction of sp³-hybridized carbons (Fsp3) is 0.359. The van der Waals surface area contributed by atoms with Crippen molar-refractivity contribution in [2.75, 3.05) is 31.7 Å². The van der Waals surface area contributed by atoms with E-state index in [1.165, 1.54) is 24.3 Å². The lowest BCUT2D eigenvalue weighted by atomic mass is 9.94. The van der Waals surface area contributed by atoms with Gasteiger partial charge in [-0.05, 0) is 81.8 Å². The number of nitrogens with zero attached hydrogens (tertiary/aromatic N) is 4. The van der Waals surface area contributed by atoms with E-state index in [1.807, 2.05) is 52.0 Å². The van der Waals surface area contributed by atoms with E-state index in [-0.39, 0.29) is 5.75 Å². The summed E-state index contributed by atoms with van der Waals surface area (Å²) in [4.78, 5) is 20.6. The van der Waals surface area contributed by atoms with Gasteiger partial charge < -0.3 is 19.1 Å². The Morgan fingerprint density at radius 1 is 0.958 bits per heavy atom. The van der Waals surface area contributed by atoms with Crippen molar-refractivity contribution in [3.63, 3.8) is 0 Å². The molecule has 0 aliphatic carbocycles. The zero-order valence-corrected chi connectivity index (χ0v) is 28.2. The second-order valence-corrected chi connectivity index (χ2v) is 13.6. The monoisotopic (exact) mass is 648 g/mol. The Morgan fingerprint density at radius 3 is 2.58 bits per heavy atom. The molecular formula is C39H41FN4O4. The number of ether oxygens (including phenoxy) is 3. The third kappa shape index (κ3) is 6.03. The standard InChI is InChI=1S/C39H41FN4O4/c1-24-34(37(38(45)46-5)48-39(2,3)4)35-28-21-30(40)36-32(22-28)43(18-19-47-36)17-10-6-7-12-25-13-8-9-16-29(25)26-14-11-15-27(20-26)31-23-33(41-24)44(35)42-31/h8-9,11,13-16,20-23,37H,6-7,10,12,17-19H2,1-5H3/t37-/m0/s1. The first kappa shape index (κ1) is 31.8. The van der Waals surface area contributed by atoms with Crippen LogP contribution in [0.15, 0.2) is 66.7 Å². The zero-order valence-electron chi connectivity index (χ0n) is 28.2. The first-order valence-corrected chi connectivity index (χ1v) is 16.7. The van der Waals surface area contributed by atoms with E-state index in [9.17, 15) is 4.79 Å². The SMILES string of the molecule is COC(=O)[C@@H](OC(C)(C)C)c1c(C)nc2cc3nn2c1-c1cc(F)c2c(c1)N(CCCCCc1ccccc1-c1cccc-3c1)CCO2. The molecule has 5 aromatic rings. The van der Waals surface area contributed by atoms with Crippen LogP contribution in [0.2, 0.25) is 0 Å². The molecule has 4 heterocycles. The quantitative estimate of drug-likeness (QED) is 0.183. The number of aromatic nitrogens is 3. The van der Waals surface area contributed by atoms with Gasteiger partial charge in [0.1, 0.15) is 6.61 Å². The zero-order chi connectivity index (χ0) is 33.6. The molecule has 248 valence electrons. The Balaban J connectivity index is 1.52. The Kier molecular flexibility index (Phi) is 8.41. The van der Waals surface area contributed by atoms with E-state index in [0.717, 1.165) is 43.4 Å². The first-order valence-electron chi connectivity index (χ1n) is 16.7. The number of hydrogen-bond acceptors (Lipinski definition) is 7. The van der Waals surface area contributed by atoms with E-state index in [4.69, 9.17) is 24.3 Å². The highest BCUT2D eigenvalue weighted by Gasteiger charge is 2.35. The summed E-state index contributed by atoms with van der Waals surface area (Å²) in [6, 6.07) is 22.3. The molecular weight excluding hydrogens is 607 g/mol. The van der Waals surface area contributed by atoms with Crippen molar-refractivity contribution in [2.45, 2.75) is 65.1 Å². The number of aryl methyl sites for hydroxylation is 2. The van der Waals surface area contributed by atoms with Crippen LogP contribution in [-0.4, -0.2) is 53.0 Å². The fourth-order valence-electron chi connectivity index (χ4n) is 6.92. The molecule has 7 rings (SSSR count). The molecule has 0 N–H and O–H groups in total. The van der Waals surface area contributed by atoms with Crippen molar-refractivity contribution in [3.05, 3.63) is 89.4 Å². The normalized spacial score (nSPS) is 15.3. The average Bonchev–Trinajstić information content (AvgIpc) is 3.49. The number of fused-ring (bicyclic) bond motifs is 8. The minimum Gasteiger partial charge on any atom is -0.486 e. The highest BCUT2D eigenvalue weighted by atomic mass is 19.1. The predicted molar refractivity (Wildman–Crippen MR) is 185 cm³/mol. The van der Waals surface area contributed by atoms with E-state index in [2.05, 4.69) is 41.3 Å². The van der Waals surface area contributed by atoms with Crippen molar-refractivity contribution in [2.24, 2.45) is 0 Å². The van der Waals surface area contributed by atoms with Crippen molar-refractivity contribution >= 4 is 17.3 Å². The van der Waals surface area contributed by atoms with Gasteiger partial charge in [0.25, 0.3) is 0 Å². The van der Waals surface area contributed by atoms with Gasteiger partial charge in [0.05, 0.1) is 36.3 Å². The minimum absolute atomic E-state index is 0.241. The molecule has 6 bridgehead atoms. The van der Waals surface area contributed by atoms with E-state index in [1.54, 1.807) is 4.52 Å². The Bertz CT molecular complexity index is 2010. The number of benzene rings is 3. The average molecular weight is 649 g/mol. The van der Waals surface area contributed by atoms with Crippen LogP contribution in [0.4, 0.5) is 10.1 Å². The van der Waals surface area contributed by atoms with Gasteiger partial charge in [-0.25, -0.2) is 18.7 Å². The van der Waals surface area contributed by atoms with Crippen LogP contribution in [0.1, 0.15) is 63.0 Å². The molecule has 0 radical (unpaired) electrons. The molecule has 9 heteroatoms. The molecule has 0 saturated carbocycles. The maximum Gasteiger partial charge on any atom is 0.339 e. The van der Waals surface area contributed by atoms with Gasteiger partial charge in [0.2, 0.25) is 0 Å². The lowest BCUT2D eigenvalue weighted by Crippen LogP contribution is -2.34. The summed E-state index contributed by atoms with van der Waals surface area (Å²) >= 11 is 0. The second-order valence-electron chi connectivity index (χ2n) is 13.6. The third-order valence-electron chi connectivity index (χ3n) is 9.08. The number of esters is 1. The third-order valence-corrected chi connectivity index (χ3v) is 9.08. The molecule has 2 aliphatic rings. The molecule has 2 aliphatic heterocycles. The van der Waals surface area contributed by atoms with Gasteiger partial charge in [0.15, 0.2) is 23.3 Å². The molecule has 0 spiro atoms. The largest absolute Gasteiger partial charge is 0.486 e. The summed E-state index contributed by atoms with van der Waals surface area (Å²) in [7, 11) is 1.34. The predicted octanol–water partition coefficient (Wildman–Crippen LogP) is 8.13. The smallest absolute Gasteiger partial charge is 0.339 e. The van der Waals surface area contributed by atoms with Gasteiger partial charge >= 0.3 is 5.97 Å². The molecule has 0 saturated heterocycles. The molecule has 8 nitrogen and oxygen atoms in total. The lowest BCUT2D eigenvalue weighted by molar-refractivity contribution is -0.164. The highest BCUT2D eigenvalue weighted by Crippen LogP contribution is 2.42. The molecule has 0 unspecified atom stereocenters. The van der Waals surface area contributed by atoms with Crippen LogP contribution < -0.4 is 9.64 Å². The topological polar surface area (TPSA) is 78.2 Å². The van der Waals surface area contributed by atoms with Gasteiger partial charge in [0, 0.05) is 35.0 Å². The van der Waals surface area contributed by atoms with E-state index in [0.29, 0.717) is 52.7 Å². The number of methoxy groups -OCH3 is 1. The number of carbonyl (C=O) groups excluding carboxylic acids is 1. The molecule has 1 atom stereocenters.